The van der Waals surface area contributed by atoms with Gasteiger partial charge in [-0.1, -0.05) is 6.92 Å². The molecule has 1 rings (SSSR count). The molecule has 126 valence electrons. The van der Waals surface area contributed by atoms with Crippen LogP contribution >= 0.6 is 24.0 Å². The zero-order valence-corrected chi connectivity index (χ0v) is 17.0. The first-order valence-corrected chi connectivity index (χ1v) is 8.07. The topological polar surface area (TPSA) is 39.7 Å². The van der Waals surface area contributed by atoms with Gasteiger partial charge in [-0.2, -0.15) is 0 Å². The molecular formula is C16H35IN4. The second kappa shape index (κ2) is 9.87. The van der Waals surface area contributed by atoms with Gasteiger partial charge in [0.05, 0.1) is 6.54 Å². The standard InChI is InChI=1S/C16H34N4.HI/c1-7-17-15(18-12-16(3,4)20(5)6)19-14-10-8-13(2)9-11-14;/h13-14H,7-12H2,1-6H3,(H2,17,18,19);1H. The Morgan fingerprint density at radius 2 is 1.76 bits per heavy atom. The van der Waals surface area contributed by atoms with E-state index in [-0.39, 0.29) is 29.5 Å². The largest absolute Gasteiger partial charge is 0.357 e. The fourth-order valence-corrected chi connectivity index (χ4v) is 2.33. The Hall–Kier alpha value is -0.0400. The monoisotopic (exact) mass is 410 g/mol. The molecule has 0 radical (unpaired) electrons. The van der Waals surface area contributed by atoms with Crippen LogP contribution in [-0.2, 0) is 0 Å². The number of hydrogen-bond acceptors (Lipinski definition) is 2. The summed E-state index contributed by atoms with van der Waals surface area (Å²) in [6.45, 7) is 10.6. The molecule has 21 heavy (non-hydrogen) atoms. The average Bonchev–Trinajstić information content (AvgIpc) is 2.39. The van der Waals surface area contributed by atoms with Gasteiger partial charge in [0, 0.05) is 18.1 Å². The molecule has 0 spiro atoms. The molecule has 0 aromatic carbocycles. The Bertz CT molecular complexity index is 307. The van der Waals surface area contributed by atoms with Crippen LogP contribution in [0.4, 0.5) is 0 Å². The Labute approximate surface area is 148 Å². The van der Waals surface area contributed by atoms with E-state index in [1.807, 2.05) is 0 Å². The second-order valence-electron chi connectivity index (χ2n) is 7.00. The number of guanidine groups is 1. The van der Waals surface area contributed by atoms with Crippen LogP contribution in [0.5, 0.6) is 0 Å². The first-order chi connectivity index (χ1) is 9.35. The lowest BCUT2D eigenvalue weighted by Gasteiger charge is -2.32. The van der Waals surface area contributed by atoms with Gasteiger partial charge in [0.1, 0.15) is 0 Å². The molecule has 2 N–H and O–H groups in total. The molecule has 1 saturated carbocycles. The highest BCUT2D eigenvalue weighted by Gasteiger charge is 2.21. The van der Waals surface area contributed by atoms with Crippen LogP contribution in [-0.4, -0.2) is 49.6 Å². The van der Waals surface area contributed by atoms with Gasteiger partial charge in [0.15, 0.2) is 5.96 Å². The minimum Gasteiger partial charge on any atom is -0.357 e. The number of hydrogen-bond donors (Lipinski definition) is 2. The summed E-state index contributed by atoms with van der Waals surface area (Å²) in [7, 11) is 4.22. The van der Waals surface area contributed by atoms with E-state index < -0.39 is 0 Å². The van der Waals surface area contributed by atoms with E-state index in [1.165, 1.54) is 25.7 Å². The third-order valence-corrected chi connectivity index (χ3v) is 4.54. The van der Waals surface area contributed by atoms with Crippen LogP contribution in [0.3, 0.4) is 0 Å². The lowest BCUT2D eigenvalue weighted by atomic mass is 9.87. The molecule has 0 heterocycles. The molecule has 0 aromatic heterocycles. The van der Waals surface area contributed by atoms with Crippen LogP contribution in [0.25, 0.3) is 0 Å². The first-order valence-electron chi connectivity index (χ1n) is 8.07. The third-order valence-electron chi connectivity index (χ3n) is 4.54. The number of rotatable bonds is 5. The number of likely N-dealkylation sites (N-methyl/N-ethyl adjacent to an activating group) is 1. The number of aliphatic imine (C=N–C) groups is 1. The highest BCUT2D eigenvalue weighted by molar-refractivity contribution is 14.0. The third kappa shape index (κ3) is 7.68. The Morgan fingerprint density at radius 1 is 1.19 bits per heavy atom. The van der Waals surface area contributed by atoms with Crippen molar-refractivity contribution in [1.82, 2.24) is 15.5 Å². The molecule has 1 fully saturated rings. The molecule has 0 unspecified atom stereocenters. The lowest BCUT2D eigenvalue weighted by molar-refractivity contribution is 0.204. The summed E-state index contributed by atoms with van der Waals surface area (Å²) in [6.07, 6.45) is 5.20. The summed E-state index contributed by atoms with van der Waals surface area (Å²) in [5.41, 5.74) is 0.0867. The quantitative estimate of drug-likeness (QED) is 0.416. The Kier molecular flexibility index (Phi) is 9.85. The summed E-state index contributed by atoms with van der Waals surface area (Å²) >= 11 is 0. The van der Waals surface area contributed by atoms with Gasteiger partial charge in [-0.3, -0.25) is 4.99 Å². The van der Waals surface area contributed by atoms with Gasteiger partial charge in [0.25, 0.3) is 0 Å². The van der Waals surface area contributed by atoms with E-state index in [0.717, 1.165) is 25.0 Å². The Morgan fingerprint density at radius 3 is 2.24 bits per heavy atom. The molecule has 0 saturated heterocycles. The van der Waals surface area contributed by atoms with Gasteiger partial charge in [0.2, 0.25) is 0 Å². The summed E-state index contributed by atoms with van der Waals surface area (Å²) in [6, 6.07) is 0.589. The van der Waals surface area contributed by atoms with Gasteiger partial charge >= 0.3 is 0 Å². The van der Waals surface area contributed by atoms with E-state index in [2.05, 4.69) is 57.3 Å². The fourth-order valence-electron chi connectivity index (χ4n) is 2.33. The van der Waals surface area contributed by atoms with Crippen molar-refractivity contribution in [2.24, 2.45) is 10.9 Å². The highest BCUT2D eigenvalue weighted by atomic mass is 127. The number of nitrogens with one attached hydrogen (secondary N) is 2. The SMILES string of the molecule is CCNC(=NCC(C)(C)N(C)C)NC1CCC(C)CC1.I. The maximum Gasteiger partial charge on any atom is 0.191 e. The minimum atomic E-state index is 0. The van der Waals surface area contributed by atoms with Crippen molar-refractivity contribution in [1.29, 1.82) is 0 Å². The van der Waals surface area contributed by atoms with Crippen LogP contribution in [0.15, 0.2) is 4.99 Å². The molecule has 0 aliphatic heterocycles. The number of halogens is 1. The molecule has 0 atom stereocenters. The van der Waals surface area contributed by atoms with E-state index in [1.54, 1.807) is 0 Å². The average molecular weight is 410 g/mol. The predicted octanol–water partition coefficient (Wildman–Crippen LogP) is 3.08. The lowest BCUT2D eigenvalue weighted by Crippen LogP contribution is -2.47. The van der Waals surface area contributed by atoms with Crippen LogP contribution in [0.1, 0.15) is 53.4 Å². The van der Waals surface area contributed by atoms with Crippen molar-refractivity contribution in [2.75, 3.05) is 27.2 Å². The van der Waals surface area contributed by atoms with E-state index in [4.69, 9.17) is 4.99 Å². The van der Waals surface area contributed by atoms with Crippen LogP contribution in [0.2, 0.25) is 0 Å². The zero-order valence-electron chi connectivity index (χ0n) is 14.7. The molecule has 1 aliphatic carbocycles. The molecule has 0 aromatic rings. The van der Waals surface area contributed by atoms with E-state index >= 15 is 0 Å². The molecule has 4 nitrogen and oxygen atoms in total. The van der Waals surface area contributed by atoms with Gasteiger partial charge in [-0.15, -0.1) is 24.0 Å². The molecule has 0 amide bonds. The molecule has 1 aliphatic rings. The van der Waals surface area contributed by atoms with E-state index in [0.29, 0.717) is 6.04 Å². The van der Waals surface area contributed by atoms with Crippen molar-refractivity contribution in [2.45, 2.75) is 65.0 Å². The number of nitrogens with zero attached hydrogens (tertiary/aromatic N) is 2. The predicted molar refractivity (Wildman–Crippen MR) is 104 cm³/mol. The smallest absolute Gasteiger partial charge is 0.191 e. The summed E-state index contributed by atoms with van der Waals surface area (Å²) in [4.78, 5) is 7.00. The van der Waals surface area contributed by atoms with Crippen molar-refractivity contribution in [3.63, 3.8) is 0 Å². The van der Waals surface area contributed by atoms with Gasteiger partial charge in [-0.25, -0.2) is 0 Å². The zero-order chi connectivity index (χ0) is 15.2. The first kappa shape index (κ1) is 21.0. The van der Waals surface area contributed by atoms with Gasteiger partial charge < -0.3 is 15.5 Å². The fraction of sp³-hybridized carbons (Fsp3) is 0.938. The van der Waals surface area contributed by atoms with E-state index in [9.17, 15) is 0 Å². The molecular weight excluding hydrogens is 375 g/mol. The molecule has 0 bridgehead atoms. The maximum atomic E-state index is 4.77. The molecule has 5 heteroatoms. The minimum absolute atomic E-state index is 0. The normalized spacial score (nSPS) is 23.7. The Balaban J connectivity index is 0.00000400. The van der Waals surface area contributed by atoms with Crippen LogP contribution in [0, 0.1) is 5.92 Å². The summed E-state index contributed by atoms with van der Waals surface area (Å²) < 4.78 is 0. The highest BCUT2D eigenvalue weighted by Crippen LogP contribution is 2.23. The second-order valence-corrected chi connectivity index (χ2v) is 7.00. The van der Waals surface area contributed by atoms with Gasteiger partial charge in [-0.05, 0) is 66.5 Å². The summed E-state index contributed by atoms with van der Waals surface area (Å²) in [5, 5.41) is 6.98. The maximum absolute atomic E-state index is 4.77. The van der Waals surface area contributed by atoms with Crippen LogP contribution < -0.4 is 10.6 Å². The van der Waals surface area contributed by atoms with Crippen molar-refractivity contribution in [3.8, 4) is 0 Å². The van der Waals surface area contributed by atoms with Crippen molar-refractivity contribution >= 4 is 29.9 Å². The van der Waals surface area contributed by atoms with Crippen molar-refractivity contribution < 1.29 is 0 Å². The summed E-state index contributed by atoms with van der Waals surface area (Å²) in [5.74, 6) is 1.86. The van der Waals surface area contributed by atoms with Crippen molar-refractivity contribution in [3.05, 3.63) is 0 Å².